The summed E-state index contributed by atoms with van der Waals surface area (Å²) in [7, 11) is 2.26. The molecule has 0 aliphatic carbocycles. The van der Waals surface area contributed by atoms with Gasteiger partial charge in [0.1, 0.15) is 5.92 Å². The highest BCUT2D eigenvalue weighted by Crippen LogP contribution is 2.17. The van der Waals surface area contributed by atoms with Gasteiger partial charge in [0.2, 0.25) is 0 Å². The monoisotopic (exact) mass is 300 g/mol. The largest absolute Gasteiger partial charge is 0.500 e. The van der Waals surface area contributed by atoms with Gasteiger partial charge in [0.15, 0.2) is 0 Å². The van der Waals surface area contributed by atoms with E-state index in [0.29, 0.717) is 6.42 Å². The summed E-state index contributed by atoms with van der Waals surface area (Å²) in [6.45, 7) is 0. The minimum Gasteiger partial charge on any atom is -0.392 e. The van der Waals surface area contributed by atoms with Crippen molar-refractivity contribution in [1.29, 1.82) is 0 Å². The average molecular weight is 300 g/mol. The normalized spacial score (nSPS) is 18.6. The first-order valence-electron chi connectivity index (χ1n) is 6.45. The molecule has 1 aliphatic rings. The molecule has 0 aromatic heterocycles. The van der Waals surface area contributed by atoms with Gasteiger partial charge in [0.05, 0.1) is 6.42 Å². The van der Waals surface area contributed by atoms with Crippen molar-refractivity contribution < 1.29 is 27.6 Å². The number of hydrogen-bond donors (Lipinski definition) is 0. The molecule has 0 N–H and O–H groups in total. The van der Waals surface area contributed by atoms with Crippen molar-refractivity contribution in [2.75, 3.05) is 21.3 Å². The van der Waals surface area contributed by atoms with E-state index in [1.807, 2.05) is 0 Å². The van der Waals surface area contributed by atoms with E-state index in [2.05, 4.69) is 16.6 Å². The van der Waals surface area contributed by atoms with Gasteiger partial charge >= 0.3 is 20.7 Å². The number of unbranched alkanes of at least 4 members (excludes halogenated alkanes) is 2. The van der Waals surface area contributed by atoms with Gasteiger partial charge < -0.3 is 18.0 Å². The zero-order valence-electron chi connectivity index (χ0n) is 12.1. The Kier molecular flexibility index (Phi) is 6.88. The lowest BCUT2D eigenvalue weighted by Crippen LogP contribution is -2.42. The zero-order valence-corrected chi connectivity index (χ0v) is 13.1. The summed E-state index contributed by atoms with van der Waals surface area (Å²) in [6, 6.07) is 0.724. The van der Waals surface area contributed by atoms with Crippen molar-refractivity contribution >= 4 is 20.7 Å². The second-order valence-electron chi connectivity index (χ2n) is 4.37. The van der Waals surface area contributed by atoms with Crippen LogP contribution in [0.1, 0.15) is 25.7 Å². The number of hydrogen-bond acceptors (Lipinski definition) is 6. The Bertz CT molecular complexity index is 399. The summed E-state index contributed by atoms with van der Waals surface area (Å²) in [5.41, 5.74) is 0. The van der Waals surface area contributed by atoms with Crippen LogP contribution in [0.3, 0.4) is 0 Å². The Labute approximate surface area is 120 Å². The van der Waals surface area contributed by atoms with Crippen LogP contribution in [0.5, 0.6) is 0 Å². The van der Waals surface area contributed by atoms with Crippen LogP contribution >= 0.6 is 0 Å². The van der Waals surface area contributed by atoms with Crippen molar-refractivity contribution in [3.8, 4) is 11.8 Å². The molecule has 1 unspecified atom stereocenters. The summed E-state index contributed by atoms with van der Waals surface area (Å²) in [4.78, 5) is 22.0. The molecule has 112 valence electrons. The molecule has 0 aromatic rings. The van der Waals surface area contributed by atoms with Crippen LogP contribution in [0.4, 0.5) is 0 Å². The quantitative estimate of drug-likeness (QED) is 0.231. The number of esters is 2. The second-order valence-corrected chi connectivity index (χ2v) is 7.46. The third-order valence-corrected chi connectivity index (χ3v) is 5.95. The first kappa shape index (κ1) is 16.9. The number of carbonyl (C=O) groups excluding carboxylic acids is 2. The lowest BCUT2D eigenvalue weighted by Gasteiger charge is -2.23. The van der Waals surface area contributed by atoms with E-state index in [4.69, 9.17) is 13.3 Å². The molecule has 1 atom stereocenters. The fourth-order valence-electron chi connectivity index (χ4n) is 1.89. The number of ether oxygens (including phenoxy) is 1. The van der Waals surface area contributed by atoms with Gasteiger partial charge in [-0.05, 0) is 12.8 Å². The maximum atomic E-state index is 11.2. The van der Waals surface area contributed by atoms with E-state index in [1.165, 1.54) is 0 Å². The molecule has 1 heterocycles. The molecule has 1 saturated heterocycles. The summed E-state index contributed by atoms with van der Waals surface area (Å²) in [5, 5.41) is 0. The topological polar surface area (TPSA) is 71.1 Å². The lowest BCUT2D eigenvalue weighted by atomic mass is 10.1. The predicted octanol–water partition coefficient (Wildman–Crippen LogP) is 1.13. The van der Waals surface area contributed by atoms with Crippen LogP contribution in [0, 0.1) is 17.8 Å². The van der Waals surface area contributed by atoms with Gasteiger partial charge in [-0.15, -0.1) is 5.92 Å². The van der Waals surface area contributed by atoms with Crippen molar-refractivity contribution in [3.63, 3.8) is 0 Å². The maximum Gasteiger partial charge on any atom is 0.500 e. The lowest BCUT2D eigenvalue weighted by molar-refractivity contribution is -0.152. The Morgan fingerprint density at radius 1 is 1.20 bits per heavy atom. The maximum absolute atomic E-state index is 11.2. The summed E-state index contributed by atoms with van der Waals surface area (Å²) < 4.78 is 20.3. The Hall–Kier alpha value is -1.20. The van der Waals surface area contributed by atoms with Crippen LogP contribution in [-0.2, 0) is 27.6 Å². The van der Waals surface area contributed by atoms with E-state index in [9.17, 15) is 9.59 Å². The molecule has 0 aromatic carbocycles. The molecule has 6 nitrogen and oxygen atoms in total. The van der Waals surface area contributed by atoms with Gasteiger partial charge in [-0.25, -0.2) is 0 Å². The molecule has 0 saturated carbocycles. The van der Waals surface area contributed by atoms with Gasteiger partial charge in [0.25, 0.3) is 0 Å². The van der Waals surface area contributed by atoms with Crippen molar-refractivity contribution in [2.45, 2.75) is 31.7 Å². The van der Waals surface area contributed by atoms with E-state index in [0.717, 1.165) is 18.9 Å². The molecule has 1 fully saturated rings. The van der Waals surface area contributed by atoms with Crippen LogP contribution < -0.4 is 0 Å². The molecule has 0 spiro atoms. The standard InChI is InChI=1S/C13H20O6Si/c1-16-20(17-2,18-3)9-7-5-4-6-8-11-10-12(14)19-13(11)15/h11H,4-5,7,9-10H2,1-3H3. The Morgan fingerprint density at radius 3 is 2.35 bits per heavy atom. The van der Waals surface area contributed by atoms with Crippen molar-refractivity contribution in [1.82, 2.24) is 0 Å². The molecular formula is C13H20O6Si. The highest BCUT2D eigenvalue weighted by molar-refractivity contribution is 6.60. The minimum atomic E-state index is -2.49. The van der Waals surface area contributed by atoms with Crippen LogP contribution in [0.15, 0.2) is 0 Å². The van der Waals surface area contributed by atoms with Gasteiger partial charge in [-0.3, -0.25) is 9.59 Å². The molecule has 0 bridgehead atoms. The smallest absolute Gasteiger partial charge is 0.392 e. The molecule has 1 aliphatic heterocycles. The van der Waals surface area contributed by atoms with Crippen molar-refractivity contribution in [3.05, 3.63) is 0 Å². The van der Waals surface area contributed by atoms with E-state index in [-0.39, 0.29) is 6.42 Å². The van der Waals surface area contributed by atoms with Crippen molar-refractivity contribution in [2.24, 2.45) is 5.92 Å². The van der Waals surface area contributed by atoms with Gasteiger partial charge in [0, 0.05) is 33.8 Å². The van der Waals surface area contributed by atoms with E-state index in [1.54, 1.807) is 21.3 Å². The highest BCUT2D eigenvalue weighted by atomic mass is 28.4. The summed E-state index contributed by atoms with van der Waals surface area (Å²) >= 11 is 0. The Morgan fingerprint density at radius 2 is 1.85 bits per heavy atom. The third kappa shape index (κ3) is 4.72. The Balaban J connectivity index is 2.26. The van der Waals surface area contributed by atoms with E-state index < -0.39 is 26.7 Å². The number of cyclic esters (lactones) is 2. The number of rotatable bonds is 7. The average Bonchev–Trinajstić information content (AvgIpc) is 2.77. The molecular weight excluding hydrogens is 280 g/mol. The highest BCUT2D eigenvalue weighted by Gasteiger charge is 2.36. The third-order valence-electron chi connectivity index (χ3n) is 3.11. The second kappa shape index (κ2) is 8.17. The fraction of sp³-hybridized carbons (Fsp3) is 0.692. The van der Waals surface area contributed by atoms with Crippen LogP contribution in [0.2, 0.25) is 6.04 Å². The van der Waals surface area contributed by atoms with Crippen LogP contribution in [-0.4, -0.2) is 42.1 Å². The summed E-state index contributed by atoms with van der Waals surface area (Å²) in [6.07, 6.45) is 2.44. The zero-order chi connectivity index (χ0) is 15.0. The first-order chi connectivity index (χ1) is 9.56. The van der Waals surface area contributed by atoms with Crippen LogP contribution in [0.25, 0.3) is 0 Å². The molecule has 1 rings (SSSR count). The molecule has 0 radical (unpaired) electrons. The SMILES string of the molecule is CO[Si](CCCCC#CC1CC(=O)OC1=O)(OC)OC. The predicted molar refractivity (Wildman–Crippen MR) is 72.4 cm³/mol. The fourth-order valence-corrected chi connectivity index (χ4v) is 3.69. The molecule has 20 heavy (non-hydrogen) atoms. The first-order valence-corrected chi connectivity index (χ1v) is 8.38. The minimum absolute atomic E-state index is 0.0683. The van der Waals surface area contributed by atoms with Gasteiger partial charge in [-0.2, -0.15) is 0 Å². The number of carbonyl (C=O) groups is 2. The molecule has 0 amide bonds. The summed E-state index contributed by atoms with van der Waals surface area (Å²) in [5.74, 6) is 4.06. The van der Waals surface area contributed by atoms with Gasteiger partial charge in [-0.1, -0.05) is 5.92 Å². The molecule has 7 heteroatoms. The van der Waals surface area contributed by atoms with E-state index >= 15 is 0 Å².